The predicted molar refractivity (Wildman–Crippen MR) is 97.8 cm³/mol. The Morgan fingerprint density at radius 1 is 1.23 bits per heavy atom. The van der Waals surface area contributed by atoms with Crippen molar-refractivity contribution in [2.75, 3.05) is 6.26 Å². The minimum atomic E-state index is -1.63. The predicted octanol–water partition coefficient (Wildman–Crippen LogP) is 2.50. The summed E-state index contributed by atoms with van der Waals surface area (Å²) in [4.78, 5) is 25.5. The van der Waals surface area contributed by atoms with Crippen LogP contribution in [0.25, 0.3) is 16.9 Å². The van der Waals surface area contributed by atoms with Crippen LogP contribution < -0.4 is 5.56 Å². The summed E-state index contributed by atoms with van der Waals surface area (Å²) < 4.78 is 29.2. The maximum Gasteiger partial charge on any atom is 0.278 e. The van der Waals surface area contributed by atoms with Gasteiger partial charge in [0.2, 0.25) is 5.16 Å². The lowest BCUT2D eigenvalue weighted by molar-refractivity contribution is 0.214. The van der Waals surface area contributed by atoms with Crippen LogP contribution in [0.5, 0.6) is 0 Å². The van der Waals surface area contributed by atoms with E-state index in [1.54, 1.807) is 18.2 Å². The molecule has 1 atom stereocenters. The van der Waals surface area contributed by atoms with Gasteiger partial charge in [0, 0.05) is 18.5 Å². The average Bonchev–Trinajstić information content (AvgIpc) is 2.86. The van der Waals surface area contributed by atoms with Crippen LogP contribution in [0.15, 0.2) is 34.3 Å². The van der Waals surface area contributed by atoms with Crippen molar-refractivity contribution in [1.82, 2.24) is 24.3 Å². The summed E-state index contributed by atoms with van der Waals surface area (Å²) in [7, 11) is -1.40. The summed E-state index contributed by atoms with van der Waals surface area (Å²) in [6.07, 6.45) is 2.84. The number of aromatic nitrogens is 5. The highest BCUT2D eigenvalue weighted by Gasteiger charge is 2.24. The summed E-state index contributed by atoms with van der Waals surface area (Å²) in [5, 5.41) is 0.411. The number of pyridine rings is 1. The Kier molecular flexibility index (Phi) is 4.51. The van der Waals surface area contributed by atoms with Gasteiger partial charge in [-0.2, -0.15) is 0 Å². The number of hydrogen-bond donors (Lipinski definition) is 0. The Morgan fingerprint density at radius 3 is 2.50 bits per heavy atom. The molecule has 0 saturated carbocycles. The summed E-state index contributed by atoms with van der Waals surface area (Å²) in [5.74, 6) is 0.362. The molecule has 3 heterocycles. The highest BCUT2D eigenvalue weighted by atomic mass is 32.2. The summed E-state index contributed by atoms with van der Waals surface area (Å²) in [5.41, 5.74) is -1.37. The van der Waals surface area contributed by atoms with Crippen LogP contribution in [0.3, 0.4) is 0 Å². The van der Waals surface area contributed by atoms with Crippen molar-refractivity contribution in [3.63, 3.8) is 0 Å². The number of fused-ring (bicyclic) bond motifs is 1. The van der Waals surface area contributed by atoms with E-state index in [2.05, 4.69) is 15.0 Å². The van der Waals surface area contributed by atoms with Gasteiger partial charge in [0.15, 0.2) is 11.5 Å². The second-order valence-corrected chi connectivity index (χ2v) is 8.03. The highest BCUT2D eigenvalue weighted by molar-refractivity contribution is 7.84. The third kappa shape index (κ3) is 3.07. The van der Waals surface area contributed by atoms with Gasteiger partial charge in [-0.15, -0.1) is 0 Å². The van der Waals surface area contributed by atoms with Gasteiger partial charge in [0.05, 0.1) is 16.5 Å². The van der Waals surface area contributed by atoms with Crippen LogP contribution in [-0.2, 0) is 16.5 Å². The van der Waals surface area contributed by atoms with E-state index in [-0.39, 0.29) is 22.5 Å². The largest absolute Gasteiger partial charge is 0.278 e. The molecule has 0 spiro atoms. The summed E-state index contributed by atoms with van der Waals surface area (Å²) >= 11 is 0. The first-order valence-electron chi connectivity index (χ1n) is 8.11. The first-order chi connectivity index (χ1) is 12.1. The molecular formula is C17H20FN5O2S. The molecule has 0 saturated heterocycles. The van der Waals surface area contributed by atoms with Crippen molar-refractivity contribution in [3.05, 3.63) is 40.4 Å². The Hall–Kier alpha value is -2.42. The standard InChI is InChI=1S/C17H20FN5O2S/c1-10(2)22-15(24)11-9-19-16(26(5)25)21-14(11)23(22)13-8-6-7-12(20-13)17(3,4)18/h6-10H,1-5H3. The number of rotatable bonds is 4. The van der Waals surface area contributed by atoms with Crippen molar-refractivity contribution < 1.29 is 8.60 Å². The molecule has 0 aliphatic carbocycles. The van der Waals surface area contributed by atoms with E-state index in [0.29, 0.717) is 16.9 Å². The third-order valence-electron chi connectivity index (χ3n) is 3.91. The van der Waals surface area contributed by atoms with Gasteiger partial charge in [-0.1, -0.05) is 6.07 Å². The van der Waals surface area contributed by atoms with E-state index in [4.69, 9.17) is 0 Å². The minimum Gasteiger partial charge on any atom is -0.267 e. The molecule has 3 aromatic rings. The molecule has 0 N–H and O–H groups in total. The van der Waals surface area contributed by atoms with Gasteiger partial charge in [-0.05, 0) is 39.8 Å². The van der Waals surface area contributed by atoms with Crippen LogP contribution in [0.2, 0.25) is 0 Å². The zero-order valence-corrected chi connectivity index (χ0v) is 16.0. The molecule has 0 aliphatic rings. The molecule has 0 bridgehead atoms. The first-order valence-corrected chi connectivity index (χ1v) is 9.67. The molecule has 7 nitrogen and oxygen atoms in total. The molecule has 138 valence electrons. The lowest BCUT2D eigenvalue weighted by atomic mass is 10.1. The molecule has 0 amide bonds. The second-order valence-electron chi connectivity index (χ2n) is 6.75. The van der Waals surface area contributed by atoms with E-state index >= 15 is 0 Å². The van der Waals surface area contributed by atoms with E-state index in [1.165, 1.54) is 35.7 Å². The van der Waals surface area contributed by atoms with Gasteiger partial charge in [0.1, 0.15) is 11.1 Å². The zero-order chi connectivity index (χ0) is 19.2. The summed E-state index contributed by atoms with van der Waals surface area (Å²) in [6, 6.07) is 4.75. The van der Waals surface area contributed by atoms with Crippen LogP contribution in [0, 0.1) is 0 Å². The molecule has 3 rings (SSSR count). The lowest BCUT2D eigenvalue weighted by Gasteiger charge is -2.18. The van der Waals surface area contributed by atoms with Gasteiger partial charge in [-0.25, -0.2) is 28.7 Å². The fourth-order valence-corrected chi connectivity index (χ4v) is 3.10. The van der Waals surface area contributed by atoms with E-state index in [0.717, 1.165) is 0 Å². The van der Waals surface area contributed by atoms with Crippen LogP contribution in [0.1, 0.15) is 39.4 Å². The monoisotopic (exact) mass is 377 g/mol. The molecule has 0 aromatic carbocycles. The molecule has 26 heavy (non-hydrogen) atoms. The number of halogens is 1. The van der Waals surface area contributed by atoms with E-state index in [1.807, 2.05) is 13.8 Å². The van der Waals surface area contributed by atoms with Crippen molar-refractivity contribution in [2.45, 2.75) is 44.6 Å². The molecule has 0 radical (unpaired) electrons. The zero-order valence-electron chi connectivity index (χ0n) is 15.2. The van der Waals surface area contributed by atoms with Crippen LogP contribution >= 0.6 is 0 Å². The van der Waals surface area contributed by atoms with Gasteiger partial charge in [0.25, 0.3) is 5.56 Å². The summed E-state index contributed by atoms with van der Waals surface area (Å²) in [6.45, 7) is 6.55. The topological polar surface area (TPSA) is 82.7 Å². The molecule has 3 aromatic heterocycles. The van der Waals surface area contributed by atoms with Crippen molar-refractivity contribution in [1.29, 1.82) is 0 Å². The number of alkyl halides is 1. The number of nitrogens with zero attached hydrogens (tertiary/aromatic N) is 5. The Labute approximate surface area is 152 Å². The Morgan fingerprint density at radius 2 is 1.92 bits per heavy atom. The maximum atomic E-state index is 14.4. The fourth-order valence-electron chi connectivity index (χ4n) is 2.68. The molecule has 0 fully saturated rings. The van der Waals surface area contributed by atoms with Crippen LogP contribution in [-0.4, -0.2) is 34.8 Å². The lowest BCUT2D eigenvalue weighted by Crippen LogP contribution is -2.25. The molecular weight excluding hydrogens is 357 g/mol. The third-order valence-corrected chi connectivity index (χ3v) is 4.62. The SMILES string of the molecule is CC(C)n1c(=O)c2cnc(S(C)=O)nc2n1-c1cccc(C(C)(C)F)n1. The fraction of sp³-hybridized carbons (Fsp3) is 0.412. The van der Waals surface area contributed by atoms with Gasteiger partial charge in [-0.3, -0.25) is 9.00 Å². The maximum absolute atomic E-state index is 14.4. The average molecular weight is 377 g/mol. The Bertz CT molecular complexity index is 1070. The van der Waals surface area contributed by atoms with Crippen molar-refractivity contribution >= 4 is 21.8 Å². The van der Waals surface area contributed by atoms with E-state index < -0.39 is 16.5 Å². The second kappa shape index (κ2) is 6.39. The smallest absolute Gasteiger partial charge is 0.267 e. The van der Waals surface area contributed by atoms with E-state index in [9.17, 15) is 13.4 Å². The van der Waals surface area contributed by atoms with Crippen molar-refractivity contribution in [2.24, 2.45) is 0 Å². The van der Waals surface area contributed by atoms with Crippen molar-refractivity contribution in [3.8, 4) is 5.82 Å². The molecule has 9 heteroatoms. The molecule has 1 unspecified atom stereocenters. The Balaban J connectivity index is 2.40. The quantitative estimate of drug-likeness (QED) is 0.653. The minimum absolute atomic E-state index is 0.120. The van der Waals surface area contributed by atoms with Gasteiger partial charge >= 0.3 is 0 Å². The van der Waals surface area contributed by atoms with Gasteiger partial charge < -0.3 is 0 Å². The number of hydrogen-bond acceptors (Lipinski definition) is 5. The first kappa shape index (κ1) is 18.4. The molecule has 0 aliphatic heterocycles. The highest BCUT2D eigenvalue weighted by Crippen LogP contribution is 2.24. The normalized spacial score (nSPS) is 13.5. The van der Waals surface area contributed by atoms with Crippen LogP contribution in [0.4, 0.5) is 4.39 Å².